The van der Waals surface area contributed by atoms with Crippen molar-refractivity contribution in [3.05, 3.63) is 24.0 Å². The highest BCUT2D eigenvalue weighted by atomic mass is 19.4. The van der Waals surface area contributed by atoms with Crippen LogP contribution in [0.4, 0.5) is 17.3 Å². The van der Waals surface area contributed by atoms with E-state index in [-0.39, 0.29) is 12.4 Å². The van der Waals surface area contributed by atoms with Gasteiger partial charge in [0, 0.05) is 0 Å². The summed E-state index contributed by atoms with van der Waals surface area (Å²) in [4.78, 5) is 0. The molecule has 0 radical (unpaired) electrons. The van der Waals surface area contributed by atoms with Gasteiger partial charge in [-0.3, -0.25) is 0 Å². The molecule has 0 atom stereocenters. The summed E-state index contributed by atoms with van der Waals surface area (Å²) in [6, 6.07) is 2.47. The summed E-state index contributed by atoms with van der Waals surface area (Å²) >= 11 is 0. The van der Waals surface area contributed by atoms with Crippen LogP contribution in [0.25, 0.3) is 0 Å². The van der Waals surface area contributed by atoms with Crippen molar-refractivity contribution in [2.45, 2.75) is 20.3 Å². The molecule has 0 saturated carbocycles. The van der Waals surface area contributed by atoms with Crippen molar-refractivity contribution in [1.82, 2.24) is 0 Å². The fraction of sp³-hybridized carbons (Fsp3) is 0.455. The predicted octanol–water partition coefficient (Wildman–Crippen LogP) is 3.31. The highest BCUT2D eigenvalue weighted by Crippen LogP contribution is 2.19. The Morgan fingerprint density at radius 3 is 2.41 bits per heavy atom. The second kappa shape index (κ2) is 5.43. The first kappa shape index (κ1) is 13.9. The van der Waals surface area contributed by atoms with Gasteiger partial charge in [-0.15, -0.1) is 0 Å². The first-order chi connectivity index (χ1) is 7.80. The Balaban J connectivity index is 2.84. The second-order valence-corrected chi connectivity index (χ2v) is 4.29. The maximum absolute atomic E-state index is 12.8. The van der Waals surface area contributed by atoms with Gasteiger partial charge in [0.1, 0.15) is 5.82 Å². The molecule has 0 N–H and O–H groups in total. The lowest BCUT2D eigenvalue weighted by Gasteiger charge is -2.20. The molecule has 0 aliphatic heterocycles. The van der Waals surface area contributed by atoms with Crippen molar-refractivity contribution >= 4 is 12.4 Å². The van der Waals surface area contributed by atoms with Crippen LogP contribution in [0.1, 0.15) is 20.3 Å². The van der Waals surface area contributed by atoms with E-state index in [1.54, 1.807) is 0 Å². The molecule has 0 saturated heterocycles. The number of ether oxygens (including phenoxy) is 1. The first-order valence-corrected chi connectivity index (χ1v) is 5.43. The van der Waals surface area contributed by atoms with E-state index in [1.165, 1.54) is 0 Å². The standard InChI is InChI=1S/C11H14BF4O/c1-8(2)5-6-17-11-4-3-9(13)7-10(11)12(14,15)16/h3-4,7-8H,5-6H2,1-2H3/q-1. The Morgan fingerprint density at radius 1 is 1.24 bits per heavy atom. The van der Waals surface area contributed by atoms with Gasteiger partial charge < -0.3 is 17.7 Å². The first-order valence-electron chi connectivity index (χ1n) is 5.43. The molecule has 17 heavy (non-hydrogen) atoms. The highest BCUT2D eigenvalue weighted by molar-refractivity contribution is 6.74. The van der Waals surface area contributed by atoms with Crippen molar-refractivity contribution in [3.63, 3.8) is 0 Å². The molecule has 0 amide bonds. The summed E-state index contributed by atoms with van der Waals surface area (Å²) < 4.78 is 55.7. The molecule has 0 heterocycles. The van der Waals surface area contributed by atoms with E-state index in [4.69, 9.17) is 4.74 Å². The summed E-state index contributed by atoms with van der Waals surface area (Å²) in [5.74, 6) is -0.856. The fourth-order valence-electron chi connectivity index (χ4n) is 1.31. The molecule has 1 aromatic carbocycles. The number of hydrogen-bond donors (Lipinski definition) is 0. The summed E-state index contributed by atoms with van der Waals surface area (Å²) in [6.45, 7) is -1.16. The normalized spacial score (nSPS) is 11.9. The lowest BCUT2D eigenvalue weighted by Crippen LogP contribution is -2.35. The zero-order valence-electron chi connectivity index (χ0n) is 9.72. The summed E-state index contributed by atoms with van der Waals surface area (Å²) in [5, 5.41) is 0. The van der Waals surface area contributed by atoms with E-state index in [0.29, 0.717) is 18.4 Å². The van der Waals surface area contributed by atoms with Gasteiger partial charge in [0.05, 0.1) is 12.4 Å². The van der Waals surface area contributed by atoms with Gasteiger partial charge in [0.25, 0.3) is 0 Å². The predicted molar refractivity (Wildman–Crippen MR) is 60.1 cm³/mol. The zero-order valence-corrected chi connectivity index (χ0v) is 9.72. The summed E-state index contributed by atoms with van der Waals surface area (Å²) in [7, 11) is 0. The molecule has 1 nitrogen and oxygen atoms in total. The van der Waals surface area contributed by atoms with E-state index >= 15 is 0 Å². The lowest BCUT2D eigenvalue weighted by atomic mass is 9.79. The van der Waals surface area contributed by atoms with E-state index in [1.807, 2.05) is 13.8 Å². The van der Waals surface area contributed by atoms with Crippen LogP contribution >= 0.6 is 0 Å². The molecule has 0 fully saturated rings. The average Bonchev–Trinajstić information content (AvgIpc) is 2.18. The molecule has 6 heteroatoms. The third-order valence-corrected chi connectivity index (χ3v) is 2.28. The molecule has 0 aliphatic rings. The minimum atomic E-state index is -5.25. The number of hydrogen-bond acceptors (Lipinski definition) is 1. The molecule has 96 valence electrons. The van der Waals surface area contributed by atoms with Crippen LogP contribution < -0.4 is 10.2 Å². The average molecular weight is 249 g/mol. The zero-order chi connectivity index (χ0) is 13.1. The van der Waals surface area contributed by atoms with Crippen molar-refractivity contribution in [2.24, 2.45) is 5.92 Å². The largest absolute Gasteiger partial charge is 0.513 e. The van der Waals surface area contributed by atoms with E-state index in [2.05, 4.69) is 0 Å². The van der Waals surface area contributed by atoms with Crippen molar-refractivity contribution in [1.29, 1.82) is 0 Å². The summed E-state index contributed by atoms with van der Waals surface area (Å²) in [5.41, 5.74) is -1.01. The van der Waals surface area contributed by atoms with Gasteiger partial charge in [0.2, 0.25) is 0 Å². The Bertz CT molecular complexity index is 376. The molecule has 0 bridgehead atoms. The lowest BCUT2D eigenvalue weighted by molar-refractivity contribution is 0.290. The van der Waals surface area contributed by atoms with Crippen LogP contribution in [0.3, 0.4) is 0 Å². The Hall–Kier alpha value is -1.20. The molecular formula is C11H14BF4O-. The van der Waals surface area contributed by atoms with Crippen LogP contribution in [0.2, 0.25) is 0 Å². The number of benzene rings is 1. The molecule has 0 aromatic heterocycles. The third kappa shape index (κ3) is 4.28. The molecule has 1 aromatic rings. The van der Waals surface area contributed by atoms with Gasteiger partial charge in [-0.25, -0.2) is 4.39 Å². The third-order valence-electron chi connectivity index (χ3n) is 2.28. The van der Waals surface area contributed by atoms with Crippen LogP contribution in [0, 0.1) is 11.7 Å². The second-order valence-electron chi connectivity index (χ2n) is 4.29. The van der Waals surface area contributed by atoms with Gasteiger partial charge in [-0.1, -0.05) is 19.3 Å². The molecule has 0 spiro atoms. The van der Waals surface area contributed by atoms with Crippen molar-refractivity contribution < 1.29 is 22.1 Å². The maximum Gasteiger partial charge on any atom is 0.513 e. The fourth-order valence-corrected chi connectivity index (χ4v) is 1.31. The van der Waals surface area contributed by atoms with E-state index < -0.39 is 18.3 Å². The van der Waals surface area contributed by atoms with Crippen LogP contribution in [0.15, 0.2) is 18.2 Å². The quantitative estimate of drug-likeness (QED) is 0.574. The van der Waals surface area contributed by atoms with Crippen molar-refractivity contribution in [3.8, 4) is 5.75 Å². The Labute approximate surface area is 97.8 Å². The van der Waals surface area contributed by atoms with E-state index in [0.717, 1.165) is 12.1 Å². The van der Waals surface area contributed by atoms with Crippen LogP contribution in [-0.4, -0.2) is 13.6 Å². The van der Waals surface area contributed by atoms with Gasteiger partial charge in [-0.2, -0.15) is 0 Å². The Morgan fingerprint density at radius 2 is 1.88 bits per heavy atom. The highest BCUT2D eigenvalue weighted by Gasteiger charge is 2.29. The molecule has 1 rings (SSSR count). The smallest absolute Gasteiger partial charge is 0.497 e. The summed E-state index contributed by atoms with van der Waals surface area (Å²) in [6.07, 6.45) is 0.654. The number of halogens is 4. The molecular weight excluding hydrogens is 235 g/mol. The van der Waals surface area contributed by atoms with Crippen molar-refractivity contribution in [2.75, 3.05) is 6.61 Å². The topological polar surface area (TPSA) is 9.23 Å². The minimum Gasteiger partial charge on any atom is -0.497 e. The minimum absolute atomic E-state index is 0.197. The number of rotatable bonds is 5. The van der Waals surface area contributed by atoms with Crippen LogP contribution in [0.5, 0.6) is 5.75 Å². The van der Waals surface area contributed by atoms with Gasteiger partial charge in [-0.05, 0) is 30.5 Å². The monoisotopic (exact) mass is 249 g/mol. The Kier molecular flexibility index (Phi) is 4.43. The maximum atomic E-state index is 12.8. The van der Waals surface area contributed by atoms with Gasteiger partial charge >= 0.3 is 6.98 Å². The van der Waals surface area contributed by atoms with E-state index in [9.17, 15) is 17.3 Å². The molecule has 0 unspecified atom stereocenters. The van der Waals surface area contributed by atoms with Crippen LogP contribution in [-0.2, 0) is 0 Å². The molecule has 0 aliphatic carbocycles. The van der Waals surface area contributed by atoms with Gasteiger partial charge in [0.15, 0.2) is 0 Å². The SMILES string of the molecule is CC(C)CCOc1ccc(F)cc1[B-](F)(F)F.